The molecule has 1 saturated carbocycles. The van der Waals surface area contributed by atoms with Gasteiger partial charge in [-0.05, 0) is 37.1 Å². The van der Waals surface area contributed by atoms with Crippen LogP contribution in [0.3, 0.4) is 0 Å². The Labute approximate surface area is 119 Å². The average Bonchev–Trinajstić information content (AvgIpc) is 2.40. The van der Waals surface area contributed by atoms with Gasteiger partial charge in [0.2, 0.25) is 0 Å². The summed E-state index contributed by atoms with van der Waals surface area (Å²) in [7, 11) is 0. The van der Waals surface area contributed by atoms with Crippen molar-refractivity contribution < 1.29 is 26.7 Å². The number of nitrogens with one attached hydrogen (secondary N) is 1. The van der Waals surface area contributed by atoms with Crippen LogP contribution in [0.5, 0.6) is 5.75 Å². The second kappa shape index (κ2) is 6.49. The molecular formula is C14H16F5NO. The molecule has 2 atom stereocenters. The minimum Gasteiger partial charge on any atom is -0.435 e. The van der Waals surface area contributed by atoms with E-state index in [1.165, 1.54) is 24.3 Å². The smallest absolute Gasteiger partial charge is 0.393 e. The quantitative estimate of drug-likeness (QED) is 0.805. The Bertz CT molecular complexity index is 446. The van der Waals surface area contributed by atoms with Crippen LogP contribution < -0.4 is 10.1 Å². The summed E-state index contributed by atoms with van der Waals surface area (Å²) in [6.07, 6.45) is -2.34. The summed E-state index contributed by atoms with van der Waals surface area (Å²) in [6.45, 7) is -2.92. The molecule has 0 aromatic heterocycles. The predicted molar refractivity (Wildman–Crippen MR) is 68.5 cm³/mol. The van der Waals surface area contributed by atoms with Crippen molar-refractivity contribution >= 4 is 5.69 Å². The van der Waals surface area contributed by atoms with Crippen LogP contribution in [0.25, 0.3) is 0 Å². The highest BCUT2D eigenvalue weighted by Gasteiger charge is 2.45. The number of ether oxygens (including phenoxy) is 1. The number of halogens is 5. The minimum absolute atomic E-state index is 0.0217. The molecule has 0 saturated heterocycles. The highest BCUT2D eigenvalue weighted by atomic mass is 19.4. The molecule has 0 aliphatic heterocycles. The Morgan fingerprint density at radius 1 is 1.05 bits per heavy atom. The van der Waals surface area contributed by atoms with Crippen LogP contribution in [0.4, 0.5) is 27.6 Å². The topological polar surface area (TPSA) is 21.3 Å². The first-order valence-corrected chi connectivity index (χ1v) is 6.74. The first-order chi connectivity index (χ1) is 9.86. The normalized spacial score (nSPS) is 23.1. The van der Waals surface area contributed by atoms with E-state index in [0.717, 1.165) is 6.42 Å². The predicted octanol–water partition coefficient (Wildman–Crippen LogP) is 4.82. The van der Waals surface area contributed by atoms with E-state index in [-0.39, 0.29) is 12.2 Å². The molecule has 1 fully saturated rings. The molecule has 2 unspecified atom stereocenters. The van der Waals surface area contributed by atoms with Crippen molar-refractivity contribution in [2.24, 2.45) is 5.92 Å². The van der Waals surface area contributed by atoms with Crippen LogP contribution >= 0.6 is 0 Å². The molecule has 1 aliphatic carbocycles. The fraction of sp³-hybridized carbons (Fsp3) is 0.571. The Morgan fingerprint density at radius 3 is 2.24 bits per heavy atom. The van der Waals surface area contributed by atoms with E-state index in [2.05, 4.69) is 10.1 Å². The van der Waals surface area contributed by atoms with E-state index in [9.17, 15) is 22.0 Å². The summed E-state index contributed by atoms with van der Waals surface area (Å²) in [5, 5.41) is 2.85. The third-order valence-electron chi connectivity index (χ3n) is 3.62. The molecular weight excluding hydrogens is 293 g/mol. The summed E-state index contributed by atoms with van der Waals surface area (Å²) in [5.74, 6) is -1.39. The second-order valence-corrected chi connectivity index (χ2v) is 5.09. The summed E-state index contributed by atoms with van der Waals surface area (Å²) in [5.41, 5.74) is 0.470. The second-order valence-electron chi connectivity index (χ2n) is 5.09. The van der Waals surface area contributed by atoms with E-state index in [4.69, 9.17) is 0 Å². The van der Waals surface area contributed by atoms with E-state index in [0.29, 0.717) is 18.5 Å². The number of anilines is 1. The Hall–Kier alpha value is -1.53. The van der Waals surface area contributed by atoms with Gasteiger partial charge in [-0.3, -0.25) is 0 Å². The monoisotopic (exact) mass is 309 g/mol. The van der Waals surface area contributed by atoms with E-state index < -0.39 is 24.7 Å². The molecule has 0 radical (unpaired) electrons. The zero-order chi connectivity index (χ0) is 15.5. The van der Waals surface area contributed by atoms with Crippen molar-refractivity contribution in [3.63, 3.8) is 0 Å². The van der Waals surface area contributed by atoms with Crippen molar-refractivity contribution in [2.45, 2.75) is 44.5 Å². The van der Waals surface area contributed by atoms with Crippen molar-refractivity contribution in [1.82, 2.24) is 0 Å². The third kappa shape index (κ3) is 4.47. The molecule has 21 heavy (non-hydrogen) atoms. The summed E-state index contributed by atoms with van der Waals surface area (Å²) < 4.78 is 67.1. The molecule has 0 spiro atoms. The third-order valence-corrected chi connectivity index (χ3v) is 3.62. The average molecular weight is 309 g/mol. The molecule has 1 aliphatic rings. The number of rotatable bonds is 4. The maximum absolute atomic E-state index is 13.0. The van der Waals surface area contributed by atoms with Crippen molar-refractivity contribution in [2.75, 3.05) is 5.32 Å². The van der Waals surface area contributed by atoms with E-state index in [1.807, 2.05) is 0 Å². The summed E-state index contributed by atoms with van der Waals surface area (Å²) >= 11 is 0. The Kier molecular flexibility index (Phi) is 4.90. The van der Waals surface area contributed by atoms with Crippen LogP contribution in [0.1, 0.15) is 25.7 Å². The van der Waals surface area contributed by atoms with Crippen molar-refractivity contribution in [3.05, 3.63) is 24.3 Å². The fourth-order valence-corrected chi connectivity index (χ4v) is 2.64. The number of alkyl halides is 5. The van der Waals surface area contributed by atoms with E-state index in [1.54, 1.807) is 0 Å². The van der Waals surface area contributed by atoms with Gasteiger partial charge in [0.1, 0.15) is 5.75 Å². The lowest BCUT2D eigenvalue weighted by Crippen LogP contribution is -2.41. The van der Waals surface area contributed by atoms with Gasteiger partial charge < -0.3 is 10.1 Å². The van der Waals surface area contributed by atoms with Gasteiger partial charge in [-0.25, -0.2) is 0 Å². The van der Waals surface area contributed by atoms with Gasteiger partial charge in [-0.1, -0.05) is 12.8 Å². The van der Waals surface area contributed by atoms with Gasteiger partial charge in [0, 0.05) is 11.7 Å². The lowest BCUT2D eigenvalue weighted by Gasteiger charge is -2.34. The van der Waals surface area contributed by atoms with Gasteiger partial charge in [-0.2, -0.15) is 22.0 Å². The molecule has 1 aromatic carbocycles. The van der Waals surface area contributed by atoms with Crippen LogP contribution in [-0.2, 0) is 0 Å². The van der Waals surface area contributed by atoms with Gasteiger partial charge >= 0.3 is 12.8 Å². The van der Waals surface area contributed by atoms with Crippen LogP contribution in [0.2, 0.25) is 0 Å². The SMILES string of the molecule is FC(F)Oc1ccc(NC2CCCCC2C(F)(F)F)cc1. The maximum Gasteiger partial charge on any atom is 0.393 e. The summed E-state index contributed by atoms with van der Waals surface area (Å²) in [6, 6.07) is 4.82. The first kappa shape index (κ1) is 15.9. The molecule has 2 nitrogen and oxygen atoms in total. The largest absolute Gasteiger partial charge is 0.435 e. The van der Waals surface area contributed by atoms with Crippen molar-refractivity contribution in [3.8, 4) is 5.75 Å². The van der Waals surface area contributed by atoms with Gasteiger partial charge in [0.25, 0.3) is 0 Å². The lowest BCUT2D eigenvalue weighted by molar-refractivity contribution is -0.184. The highest BCUT2D eigenvalue weighted by Crippen LogP contribution is 2.39. The van der Waals surface area contributed by atoms with Gasteiger partial charge in [0.15, 0.2) is 0 Å². The zero-order valence-corrected chi connectivity index (χ0v) is 11.2. The lowest BCUT2D eigenvalue weighted by atomic mass is 9.84. The van der Waals surface area contributed by atoms with Gasteiger partial charge in [-0.15, -0.1) is 0 Å². The van der Waals surface area contributed by atoms with E-state index >= 15 is 0 Å². The highest BCUT2D eigenvalue weighted by molar-refractivity contribution is 5.47. The molecule has 118 valence electrons. The van der Waals surface area contributed by atoms with Crippen LogP contribution in [-0.4, -0.2) is 18.8 Å². The standard InChI is InChI=1S/C14H16F5NO/c15-13(16)21-10-7-5-9(6-8-10)20-12-4-2-1-3-11(12)14(17,18)19/h5-8,11-13,20H,1-4H2. The molecule has 1 aromatic rings. The van der Waals surface area contributed by atoms with Gasteiger partial charge in [0.05, 0.1) is 5.92 Å². The Morgan fingerprint density at radius 2 is 1.67 bits per heavy atom. The zero-order valence-electron chi connectivity index (χ0n) is 11.2. The minimum atomic E-state index is -4.23. The van der Waals surface area contributed by atoms with Crippen LogP contribution in [0, 0.1) is 5.92 Å². The molecule has 7 heteroatoms. The Balaban J connectivity index is 2.02. The number of hydrogen-bond donors (Lipinski definition) is 1. The summed E-state index contributed by atoms with van der Waals surface area (Å²) in [4.78, 5) is 0. The molecule has 0 amide bonds. The maximum atomic E-state index is 13.0. The first-order valence-electron chi connectivity index (χ1n) is 6.74. The number of hydrogen-bond acceptors (Lipinski definition) is 2. The number of benzene rings is 1. The molecule has 1 N–H and O–H groups in total. The fourth-order valence-electron chi connectivity index (χ4n) is 2.64. The molecule has 0 bridgehead atoms. The van der Waals surface area contributed by atoms with Crippen molar-refractivity contribution in [1.29, 1.82) is 0 Å². The molecule has 0 heterocycles. The molecule has 2 rings (SSSR count). The van der Waals surface area contributed by atoms with Crippen LogP contribution in [0.15, 0.2) is 24.3 Å².